The average molecular weight is 236 g/mol. The summed E-state index contributed by atoms with van der Waals surface area (Å²) in [5.41, 5.74) is 1.29. The molecule has 0 aliphatic carbocycles. The van der Waals surface area contributed by atoms with Gasteiger partial charge in [0.1, 0.15) is 0 Å². The van der Waals surface area contributed by atoms with Crippen molar-refractivity contribution in [1.82, 2.24) is 0 Å². The van der Waals surface area contributed by atoms with Gasteiger partial charge in [-0.3, -0.25) is 0 Å². The van der Waals surface area contributed by atoms with Gasteiger partial charge < -0.3 is 9.47 Å². The molecule has 2 nitrogen and oxygen atoms in total. The molecule has 1 aromatic rings. The number of hydrogen-bond acceptors (Lipinski definition) is 2. The third kappa shape index (κ3) is 5.85. The lowest BCUT2D eigenvalue weighted by atomic mass is 10.0. The van der Waals surface area contributed by atoms with Gasteiger partial charge in [-0.2, -0.15) is 0 Å². The molecule has 0 saturated heterocycles. The van der Waals surface area contributed by atoms with Crippen molar-refractivity contribution in [2.75, 3.05) is 13.2 Å². The van der Waals surface area contributed by atoms with Crippen molar-refractivity contribution in [2.45, 2.75) is 45.8 Å². The van der Waals surface area contributed by atoms with Gasteiger partial charge in [0.2, 0.25) is 0 Å². The molecule has 1 rings (SSSR count). The lowest BCUT2D eigenvalue weighted by molar-refractivity contribution is 0.0190. The maximum atomic E-state index is 5.71. The molecular formula is C15H24O2. The molecule has 0 spiro atoms. The Balaban J connectivity index is 2.58. The maximum absolute atomic E-state index is 5.71. The van der Waals surface area contributed by atoms with Gasteiger partial charge in [-0.15, -0.1) is 0 Å². The summed E-state index contributed by atoms with van der Waals surface area (Å²) < 4.78 is 11.4. The standard InChI is InChI=1S/C15H24O2/c1-12(2)16-10-15(11-17-13(3)4)14-8-6-5-7-9-14/h5-9,12-13,15H,10-11H2,1-4H3. The van der Waals surface area contributed by atoms with Gasteiger partial charge in [0.15, 0.2) is 0 Å². The van der Waals surface area contributed by atoms with Crippen LogP contribution in [0.15, 0.2) is 30.3 Å². The largest absolute Gasteiger partial charge is 0.378 e. The van der Waals surface area contributed by atoms with Crippen LogP contribution >= 0.6 is 0 Å². The van der Waals surface area contributed by atoms with E-state index in [9.17, 15) is 0 Å². The van der Waals surface area contributed by atoms with Crippen LogP contribution < -0.4 is 0 Å². The first kappa shape index (κ1) is 14.2. The number of hydrogen-bond donors (Lipinski definition) is 0. The van der Waals surface area contributed by atoms with Gasteiger partial charge in [-0.25, -0.2) is 0 Å². The van der Waals surface area contributed by atoms with E-state index in [-0.39, 0.29) is 12.2 Å². The Morgan fingerprint density at radius 2 is 1.29 bits per heavy atom. The molecule has 0 aromatic heterocycles. The van der Waals surface area contributed by atoms with E-state index in [0.29, 0.717) is 19.1 Å². The third-order valence-corrected chi connectivity index (χ3v) is 2.53. The first-order valence-electron chi connectivity index (χ1n) is 6.37. The Hall–Kier alpha value is -0.860. The van der Waals surface area contributed by atoms with Crippen molar-refractivity contribution in [2.24, 2.45) is 0 Å². The summed E-state index contributed by atoms with van der Waals surface area (Å²) in [5, 5.41) is 0. The van der Waals surface area contributed by atoms with Gasteiger partial charge in [-0.05, 0) is 33.3 Å². The second-order valence-corrected chi connectivity index (χ2v) is 4.87. The van der Waals surface area contributed by atoms with Crippen LogP contribution in [-0.4, -0.2) is 25.4 Å². The molecule has 1 aromatic carbocycles. The minimum atomic E-state index is 0.264. The first-order valence-corrected chi connectivity index (χ1v) is 6.37. The molecule has 0 N–H and O–H groups in total. The summed E-state index contributed by atoms with van der Waals surface area (Å²) in [4.78, 5) is 0. The Morgan fingerprint density at radius 3 is 1.71 bits per heavy atom. The highest BCUT2D eigenvalue weighted by Gasteiger charge is 2.13. The number of ether oxygens (including phenoxy) is 2. The Bertz CT molecular complexity index is 281. The Kier molecular flexibility index (Phi) is 6.23. The predicted octanol–water partition coefficient (Wildman–Crippen LogP) is 3.62. The average Bonchev–Trinajstić information content (AvgIpc) is 2.29. The van der Waals surface area contributed by atoms with E-state index in [0.717, 1.165) is 0 Å². The highest BCUT2D eigenvalue weighted by atomic mass is 16.5. The zero-order valence-corrected chi connectivity index (χ0v) is 11.3. The van der Waals surface area contributed by atoms with Crippen molar-refractivity contribution in [3.63, 3.8) is 0 Å². The molecule has 0 bridgehead atoms. The monoisotopic (exact) mass is 236 g/mol. The molecule has 0 amide bonds. The van der Waals surface area contributed by atoms with E-state index in [1.165, 1.54) is 5.56 Å². The highest BCUT2D eigenvalue weighted by molar-refractivity contribution is 5.19. The molecule has 0 heterocycles. The Labute approximate surface area is 105 Å². The van der Waals surface area contributed by atoms with Crippen LogP contribution in [0, 0.1) is 0 Å². The molecule has 0 saturated carbocycles. The van der Waals surface area contributed by atoms with E-state index < -0.39 is 0 Å². The summed E-state index contributed by atoms with van der Waals surface area (Å²) in [5.74, 6) is 0.320. The van der Waals surface area contributed by atoms with Crippen molar-refractivity contribution in [1.29, 1.82) is 0 Å². The SMILES string of the molecule is CC(C)OCC(COC(C)C)c1ccccc1. The quantitative estimate of drug-likeness (QED) is 0.720. The topological polar surface area (TPSA) is 18.5 Å². The van der Waals surface area contributed by atoms with Gasteiger partial charge in [-0.1, -0.05) is 30.3 Å². The molecule has 2 heteroatoms. The molecule has 96 valence electrons. The maximum Gasteiger partial charge on any atom is 0.0560 e. The van der Waals surface area contributed by atoms with Gasteiger partial charge in [0, 0.05) is 5.92 Å². The highest BCUT2D eigenvalue weighted by Crippen LogP contribution is 2.17. The summed E-state index contributed by atoms with van der Waals surface area (Å²) in [6.45, 7) is 9.68. The van der Waals surface area contributed by atoms with Crippen LogP contribution in [0.2, 0.25) is 0 Å². The van der Waals surface area contributed by atoms with Crippen LogP contribution in [0.25, 0.3) is 0 Å². The fourth-order valence-corrected chi connectivity index (χ4v) is 1.58. The zero-order chi connectivity index (χ0) is 12.7. The van der Waals surface area contributed by atoms with Gasteiger partial charge in [0.25, 0.3) is 0 Å². The van der Waals surface area contributed by atoms with E-state index in [2.05, 4.69) is 52.0 Å². The molecule has 0 aliphatic heterocycles. The van der Waals surface area contributed by atoms with Crippen LogP contribution in [0.4, 0.5) is 0 Å². The van der Waals surface area contributed by atoms with Crippen LogP contribution in [0.5, 0.6) is 0 Å². The van der Waals surface area contributed by atoms with Crippen molar-refractivity contribution in [3.05, 3.63) is 35.9 Å². The molecular weight excluding hydrogens is 212 g/mol. The summed E-state index contributed by atoms with van der Waals surface area (Å²) in [7, 11) is 0. The normalized spacial score (nSPS) is 11.7. The molecule has 0 aliphatic rings. The molecule has 0 radical (unpaired) electrons. The fourth-order valence-electron chi connectivity index (χ4n) is 1.58. The third-order valence-electron chi connectivity index (χ3n) is 2.53. The van der Waals surface area contributed by atoms with E-state index in [4.69, 9.17) is 9.47 Å². The van der Waals surface area contributed by atoms with Gasteiger partial charge >= 0.3 is 0 Å². The van der Waals surface area contributed by atoms with Crippen molar-refractivity contribution >= 4 is 0 Å². The second-order valence-electron chi connectivity index (χ2n) is 4.87. The van der Waals surface area contributed by atoms with Crippen molar-refractivity contribution in [3.8, 4) is 0 Å². The Morgan fingerprint density at radius 1 is 0.824 bits per heavy atom. The lowest BCUT2D eigenvalue weighted by Crippen LogP contribution is -2.19. The fraction of sp³-hybridized carbons (Fsp3) is 0.600. The zero-order valence-electron chi connectivity index (χ0n) is 11.3. The predicted molar refractivity (Wildman–Crippen MR) is 71.4 cm³/mol. The lowest BCUT2D eigenvalue weighted by Gasteiger charge is -2.20. The minimum Gasteiger partial charge on any atom is -0.378 e. The van der Waals surface area contributed by atoms with E-state index >= 15 is 0 Å². The minimum absolute atomic E-state index is 0.264. The number of rotatable bonds is 7. The molecule has 0 unspecified atom stereocenters. The molecule has 17 heavy (non-hydrogen) atoms. The van der Waals surface area contributed by atoms with Crippen LogP contribution in [0.1, 0.15) is 39.2 Å². The van der Waals surface area contributed by atoms with Gasteiger partial charge in [0.05, 0.1) is 25.4 Å². The summed E-state index contributed by atoms with van der Waals surface area (Å²) >= 11 is 0. The number of benzene rings is 1. The summed E-state index contributed by atoms with van der Waals surface area (Å²) in [6, 6.07) is 10.4. The van der Waals surface area contributed by atoms with Crippen LogP contribution in [-0.2, 0) is 9.47 Å². The first-order chi connectivity index (χ1) is 8.09. The van der Waals surface area contributed by atoms with Crippen LogP contribution in [0.3, 0.4) is 0 Å². The molecule has 0 fully saturated rings. The van der Waals surface area contributed by atoms with Crippen molar-refractivity contribution < 1.29 is 9.47 Å². The van der Waals surface area contributed by atoms with E-state index in [1.807, 2.05) is 6.07 Å². The summed E-state index contributed by atoms with van der Waals surface area (Å²) in [6.07, 6.45) is 0.528. The smallest absolute Gasteiger partial charge is 0.0560 e. The van der Waals surface area contributed by atoms with E-state index in [1.54, 1.807) is 0 Å². The second kappa shape index (κ2) is 7.46. The molecule has 0 atom stereocenters.